The average molecular weight is 213 g/mol. The number of hydrogen-bond donors (Lipinski definition) is 0. The van der Waals surface area contributed by atoms with Gasteiger partial charge in [0.2, 0.25) is 0 Å². The standard InChI is InChI=1S/C13H27NO/c1-5-14(6-2)12-9-8-11(4)13(10-12)15-7-3/h11-13H,5-10H2,1-4H3. The zero-order valence-electron chi connectivity index (χ0n) is 10.8. The lowest BCUT2D eigenvalue weighted by Crippen LogP contribution is -2.43. The Labute approximate surface area is 95.0 Å². The topological polar surface area (TPSA) is 12.5 Å². The van der Waals surface area contributed by atoms with Crippen LogP contribution >= 0.6 is 0 Å². The molecular weight excluding hydrogens is 186 g/mol. The molecule has 0 aromatic rings. The fourth-order valence-corrected chi connectivity index (χ4v) is 2.78. The van der Waals surface area contributed by atoms with E-state index in [9.17, 15) is 0 Å². The third-order valence-electron chi connectivity index (χ3n) is 3.80. The predicted octanol–water partition coefficient (Wildman–Crippen LogP) is 2.92. The normalized spacial score (nSPS) is 32.2. The molecule has 0 aromatic heterocycles. The third-order valence-corrected chi connectivity index (χ3v) is 3.80. The summed E-state index contributed by atoms with van der Waals surface area (Å²) in [5.74, 6) is 0.747. The molecule has 1 aliphatic carbocycles. The summed E-state index contributed by atoms with van der Waals surface area (Å²) >= 11 is 0. The van der Waals surface area contributed by atoms with Gasteiger partial charge in [-0.2, -0.15) is 0 Å². The van der Waals surface area contributed by atoms with E-state index in [4.69, 9.17) is 4.74 Å². The maximum absolute atomic E-state index is 5.84. The van der Waals surface area contributed by atoms with E-state index in [0.29, 0.717) is 6.10 Å². The van der Waals surface area contributed by atoms with Gasteiger partial charge in [-0.15, -0.1) is 0 Å². The van der Waals surface area contributed by atoms with Gasteiger partial charge in [0.05, 0.1) is 6.10 Å². The first-order chi connectivity index (χ1) is 7.22. The summed E-state index contributed by atoms with van der Waals surface area (Å²) in [6.07, 6.45) is 4.41. The van der Waals surface area contributed by atoms with Crippen LogP contribution in [0.3, 0.4) is 0 Å². The fourth-order valence-electron chi connectivity index (χ4n) is 2.78. The molecule has 1 fully saturated rings. The first kappa shape index (κ1) is 13.0. The molecule has 0 amide bonds. The van der Waals surface area contributed by atoms with E-state index in [1.54, 1.807) is 0 Å². The summed E-state index contributed by atoms with van der Waals surface area (Å²) in [7, 11) is 0. The Morgan fingerprint density at radius 1 is 1.13 bits per heavy atom. The van der Waals surface area contributed by atoms with Crippen molar-refractivity contribution in [2.45, 2.75) is 59.1 Å². The SMILES string of the molecule is CCOC1CC(N(CC)CC)CCC1C. The highest BCUT2D eigenvalue weighted by Gasteiger charge is 2.30. The summed E-state index contributed by atoms with van der Waals surface area (Å²) in [6, 6.07) is 0.757. The van der Waals surface area contributed by atoms with Crippen molar-refractivity contribution in [2.75, 3.05) is 19.7 Å². The van der Waals surface area contributed by atoms with Crippen molar-refractivity contribution in [3.05, 3.63) is 0 Å². The Balaban J connectivity index is 2.48. The number of hydrogen-bond acceptors (Lipinski definition) is 2. The van der Waals surface area contributed by atoms with E-state index in [-0.39, 0.29) is 0 Å². The van der Waals surface area contributed by atoms with Crippen molar-refractivity contribution in [2.24, 2.45) is 5.92 Å². The molecule has 3 atom stereocenters. The Hall–Kier alpha value is -0.0800. The van der Waals surface area contributed by atoms with Crippen LogP contribution < -0.4 is 0 Å². The molecule has 0 aromatic carbocycles. The van der Waals surface area contributed by atoms with Crippen molar-refractivity contribution >= 4 is 0 Å². The number of rotatable bonds is 5. The van der Waals surface area contributed by atoms with Crippen LogP contribution in [0.4, 0.5) is 0 Å². The number of ether oxygens (including phenoxy) is 1. The van der Waals surface area contributed by atoms with E-state index in [0.717, 1.165) is 18.6 Å². The van der Waals surface area contributed by atoms with Gasteiger partial charge in [-0.3, -0.25) is 0 Å². The molecule has 1 aliphatic rings. The van der Waals surface area contributed by atoms with Crippen LogP contribution in [-0.2, 0) is 4.74 Å². The van der Waals surface area contributed by atoms with Gasteiger partial charge < -0.3 is 9.64 Å². The molecule has 0 saturated heterocycles. The molecule has 2 heteroatoms. The maximum Gasteiger partial charge on any atom is 0.0615 e. The highest BCUT2D eigenvalue weighted by Crippen LogP contribution is 2.29. The highest BCUT2D eigenvalue weighted by atomic mass is 16.5. The summed E-state index contributed by atoms with van der Waals surface area (Å²) in [6.45, 7) is 12.2. The minimum atomic E-state index is 0.495. The smallest absolute Gasteiger partial charge is 0.0615 e. The van der Waals surface area contributed by atoms with Gasteiger partial charge in [0.25, 0.3) is 0 Å². The zero-order valence-corrected chi connectivity index (χ0v) is 10.8. The number of nitrogens with zero attached hydrogens (tertiary/aromatic N) is 1. The maximum atomic E-state index is 5.84. The first-order valence-corrected chi connectivity index (χ1v) is 6.58. The lowest BCUT2D eigenvalue weighted by molar-refractivity contribution is -0.0255. The Bertz CT molecular complexity index is 168. The van der Waals surface area contributed by atoms with Crippen LogP contribution in [0.1, 0.15) is 47.0 Å². The fraction of sp³-hybridized carbons (Fsp3) is 1.00. The van der Waals surface area contributed by atoms with Crippen LogP contribution in [-0.4, -0.2) is 36.7 Å². The van der Waals surface area contributed by atoms with E-state index in [1.165, 1.54) is 32.4 Å². The summed E-state index contributed by atoms with van der Waals surface area (Å²) in [5.41, 5.74) is 0. The van der Waals surface area contributed by atoms with Crippen LogP contribution in [0.25, 0.3) is 0 Å². The summed E-state index contributed by atoms with van der Waals surface area (Å²) in [5, 5.41) is 0. The molecule has 3 unspecified atom stereocenters. The first-order valence-electron chi connectivity index (χ1n) is 6.58. The van der Waals surface area contributed by atoms with Crippen molar-refractivity contribution < 1.29 is 4.74 Å². The van der Waals surface area contributed by atoms with Gasteiger partial charge in [-0.05, 0) is 45.2 Å². The Morgan fingerprint density at radius 3 is 2.33 bits per heavy atom. The van der Waals surface area contributed by atoms with Gasteiger partial charge in [-0.25, -0.2) is 0 Å². The van der Waals surface area contributed by atoms with Crippen molar-refractivity contribution in [3.63, 3.8) is 0 Å². The molecular formula is C13H27NO. The van der Waals surface area contributed by atoms with Crippen LogP contribution in [0.5, 0.6) is 0 Å². The molecule has 0 radical (unpaired) electrons. The Kier molecular flexibility index (Phi) is 5.62. The van der Waals surface area contributed by atoms with Crippen molar-refractivity contribution in [3.8, 4) is 0 Å². The summed E-state index contributed by atoms with van der Waals surface area (Å²) < 4.78 is 5.84. The van der Waals surface area contributed by atoms with Crippen LogP contribution in [0.15, 0.2) is 0 Å². The molecule has 0 spiro atoms. The molecule has 15 heavy (non-hydrogen) atoms. The second kappa shape index (κ2) is 6.49. The lowest BCUT2D eigenvalue weighted by Gasteiger charge is -2.39. The zero-order chi connectivity index (χ0) is 11.3. The van der Waals surface area contributed by atoms with E-state index in [2.05, 4.69) is 32.6 Å². The predicted molar refractivity (Wildman–Crippen MR) is 65.1 cm³/mol. The van der Waals surface area contributed by atoms with Crippen molar-refractivity contribution in [1.29, 1.82) is 0 Å². The summed E-state index contributed by atoms with van der Waals surface area (Å²) in [4.78, 5) is 2.58. The van der Waals surface area contributed by atoms with E-state index in [1.807, 2.05) is 0 Å². The largest absolute Gasteiger partial charge is 0.378 e. The average Bonchev–Trinajstić information content (AvgIpc) is 2.25. The Morgan fingerprint density at radius 2 is 1.80 bits per heavy atom. The molecule has 0 bridgehead atoms. The molecule has 0 aliphatic heterocycles. The molecule has 2 nitrogen and oxygen atoms in total. The third kappa shape index (κ3) is 3.46. The van der Waals surface area contributed by atoms with E-state index >= 15 is 0 Å². The monoisotopic (exact) mass is 213 g/mol. The van der Waals surface area contributed by atoms with Gasteiger partial charge in [0.15, 0.2) is 0 Å². The second-order valence-corrected chi connectivity index (χ2v) is 4.66. The second-order valence-electron chi connectivity index (χ2n) is 4.66. The highest BCUT2D eigenvalue weighted by molar-refractivity contribution is 4.83. The minimum Gasteiger partial charge on any atom is -0.378 e. The quantitative estimate of drug-likeness (QED) is 0.696. The molecule has 1 saturated carbocycles. The van der Waals surface area contributed by atoms with Crippen LogP contribution in [0, 0.1) is 5.92 Å². The molecule has 90 valence electrons. The van der Waals surface area contributed by atoms with E-state index < -0.39 is 0 Å². The van der Waals surface area contributed by atoms with Gasteiger partial charge >= 0.3 is 0 Å². The lowest BCUT2D eigenvalue weighted by atomic mass is 9.84. The minimum absolute atomic E-state index is 0.495. The molecule has 1 rings (SSSR count). The molecule has 0 heterocycles. The van der Waals surface area contributed by atoms with Crippen molar-refractivity contribution in [1.82, 2.24) is 4.90 Å². The van der Waals surface area contributed by atoms with Gasteiger partial charge in [-0.1, -0.05) is 20.8 Å². The van der Waals surface area contributed by atoms with Crippen LogP contribution in [0.2, 0.25) is 0 Å². The van der Waals surface area contributed by atoms with Gasteiger partial charge in [0, 0.05) is 12.6 Å². The van der Waals surface area contributed by atoms with Gasteiger partial charge in [0.1, 0.15) is 0 Å². The molecule has 0 N–H and O–H groups in total.